The van der Waals surface area contributed by atoms with Crippen molar-refractivity contribution in [2.24, 2.45) is 0 Å². The summed E-state index contributed by atoms with van der Waals surface area (Å²) in [7, 11) is 0. The van der Waals surface area contributed by atoms with E-state index >= 15 is 0 Å². The van der Waals surface area contributed by atoms with E-state index in [1.165, 1.54) is 0 Å². The molecule has 0 saturated carbocycles. The van der Waals surface area contributed by atoms with Gasteiger partial charge in [0.2, 0.25) is 0 Å². The van der Waals surface area contributed by atoms with Crippen molar-refractivity contribution in [3.05, 3.63) is 34.9 Å². The van der Waals surface area contributed by atoms with Gasteiger partial charge in [-0.05, 0) is 24.1 Å². The minimum absolute atomic E-state index is 0.780. The Kier molecular flexibility index (Phi) is 2.83. The number of benzene rings is 1. The van der Waals surface area contributed by atoms with Crippen molar-refractivity contribution in [2.45, 2.75) is 12.3 Å². The first-order valence-corrected chi connectivity index (χ1v) is 4.50. The monoisotopic (exact) mass is 212 g/mol. The van der Waals surface area contributed by atoms with Crippen molar-refractivity contribution in [2.75, 3.05) is 0 Å². The fourth-order valence-corrected chi connectivity index (χ4v) is 1.25. The Bertz CT molecular complexity index is 268. The maximum absolute atomic E-state index is 10.5. The molecule has 0 spiro atoms. The van der Waals surface area contributed by atoms with Crippen molar-refractivity contribution in [3.63, 3.8) is 0 Å². The summed E-state index contributed by atoms with van der Waals surface area (Å²) < 4.78 is 0. The van der Waals surface area contributed by atoms with Gasteiger partial charge in [-0.1, -0.05) is 28.1 Å². The molecule has 0 bridgehead atoms. The van der Waals surface area contributed by atoms with E-state index in [-0.39, 0.29) is 0 Å². The lowest BCUT2D eigenvalue weighted by Crippen LogP contribution is -1.87. The molecule has 0 atom stereocenters. The van der Waals surface area contributed by atoms with Gasteiger partial charge in [-0.2, -0.15) is 0 Å². The summed E-state index contributed by atoms with van der Waals surface area (Å²) in [5.74, 6) is 0. The van der Waals surface area contributed by atoms with Gasteiger partial charge in [-0.15, -0.1) is 0 Å². The molecule has 11 heavy (non-hydrogen) atoms. The molecule has 58 valence electrons. The number of aldehydes is 1. The molecule has 1 aromatic rings. The summed E-state index contributed by atoms with van der Waals surface area (Å²) in [5, 5.41) is 0.800. The van der Waals surface area contributed by atoms with Crippen LogP contribution in [0.25, 0.3) is 0 Å². The SMILES string of the molecule is Cc1ccc(CBr)cc1C=O. The Morgan fingerprint density at radius 3 is 2.82 bits per heavy atom. The predicted molar refractivity (Wildman–Crippen MR) is 49.2 cm³/mol. The number of alkyl halides is 1. The van der Waals surface area contributed by atoms with E-state index in [1.807, 2.05) is 25.1 Å². The van der Waals surface area contributed by atoms with E-state index in [0.717, 1.165) is 28.3 Å². The number of rotatable bonds is 2. The normalized spacial score (nSPS) is 9.64. The predicted octanol–water partition coefficient (Wildman–Crippen LogP) is 2.70. The highest BCUT2D eigenvalue weighted by atomic mass is 79.9. The van der Waals surface area contributed by atoms with Crippen LogP contribution in [0.3, 0.4) is 0 Å². The molecular formula is C9H9BrO. The summed E-state index contributed by atoms with van der Waals surface area (Å²) >= 11 is 3.33. The van der Waals surface area contributed by atoms with Gasteiger partial charge in [0.25, 0.3) is 0 Å². The second-order valence-corrected chi connectivity index (χ2v) is 3.00. The number of halogens is 1. The zero-order valence-electron chi connectivity index (χ0n) is 6.30. The fourth-order valence-electron chi connectivity index (χ4n) is 0.900. The summed E-state index contributed by atoms with van der Waals surface area (Å²) in [6.45, 7) is 1.93. The Morgan fingerprint density at radius 1 is 1.55 bits per heavy atom. The Balaban J connectivity index is 3.12. The molecule has 0 N–H and O–H groups in total. The van der Waals surface area contributed by atoms with Gasteiger partial charge >= 0.3 is 0 Å². The summed E-state index contributed by atoms with van der Waals surface area (Å²) in [6.07, 6.45) is 0.890. The Hall–Kier alpha value is -0.630. The van der Waals surface area contributed by atoms with Crippen molar-refractivity contribution < 1.29 is 4.79 Å². The lowest BCUT2D eigenvalue weighted by atomic mass is 10.1. The molecule has 0 fully saturated rings. The van der Waals surface area contributed by atoms with Crippen LogP contribution in [-0.4, -0.2) is 6.29 Å². The summed E-state index contributed by atoms with van der Waals surface area (Å²) in [6, 6.07) is 5.87. The van der Waals surface area contributed by atoms with Crippen LogP contribution in [0.4, 0.5) is 0 Å². The van der Waals surface area contributed by atoms with Crippen LogP contribution in [0.15, 0.2) is 18.2 Å². The van der Waals surface area contributed by atoms with Crippen LogP contribution in [-0.2, 0) is 5.33 Å². The molecule has 1 rings (SSSR count). The van der Waals surface area contributed by atoms with Crippen LogP contribution < -0.4 is 0 Å². The zero-order valence-corrected chi connectivity index (χ0v) is 7.89. The smallest absolute Gasteiger partial charge is 0.150 e. The maximum atomic E-state index is 10.5. The minimum Gasteiger partial charge on any atom is -0.298 e. The van der Waals surface area contributed by atoms with E-state index in [4.69, 9.17) is 0 Å². The topological polar surface area (TPSA) is 17.1 Å². The van der Waals surface area contributed by atoms with Crippen LogP contribution in [0.5, 0.6) is 0 Å². The third kappa shape index (κ3) is 1.90. The third-order valence-electron chi connectivity index (χ3n) is 1.62. The lowest BCUT2D eigenvalue weighted by molar-refractivity contribution is 0.112. The lowest BCUT2D eigenvalue weighted by Gasteiger charge is -1.99. The maximum Gasteiger partial charge on any atom is 0.150 e. The third-order valence-corrected chi connectivity index (χ3v) is 2.27. The molecule has 0 aliphatic rings. The first kappa shape index (κ1) is 8.47. The number of carbonyl (C=O) groups excluding carboxylic acids is 1. The summed E-state index contributed by atoms with van der Waals surface area (Å²) in [5.41, 5.74) is 2.95. The molecule has 1 aromatic carbocycles. The van der Waals surface area contributed by atoms with Gasteiger partial charge < -0.3 is 0 Å². The molecule has 0 aliphatic heterocycles. The Labute approximate surface area is 74.6 Å². The second kappa shape index (κ2) is 3.67. The highest BCUT2D eigenvalue weighted by Gasteiger charge is 1.96. The molecule has 0 saturated heterocycles. The van der Waals surface area contributed by atoms with Crippen LogP contribution in [0, 0.1) is 6.92 Å². The molecule has 0 heterocycles. The number of carbonyl (C=O) groups is 1. The molecule has 0 radical (unpaired) electrons. The fraction of sp³-hybridized carbons (Fsp3) is 0.222. The molecule has 0 amide bonds. The highest BCUT2D eigenvalue weighted by Crippen LogP contribution is 2.11. The number of hydrogen-bond acceptors (Lipinski definition) is 1. The molecule has 0 aliphatic carbocycles. The van der Waals surface area contributed by atoms with Gasteiger partial charge in [-0.25, -0.2) is 0 Å². The first-order valence-electron chi connectivity index (χ1n) is 3.38. The van der Waals surface area contributed by atoms with Crippen LogP contribution in [0.2, 0.25) is 0 Å². The summed E-state index contributed by atoms with van der Waals surface area (Å²) in [4.78, 5) is 10.5. The van der Waals surface area contributed by atoms with E-state index in [2.05, 4.69) is 15.9 Å². The van der Waals surface area contributed by atoms with Gasteiger partial charge in [-0.3, -0.25) is 4.79 Å². The first-order chi connectivity index (χ1) is 5.27. The largest absolute Gasteiger partial charge is 0.298 e. The Morgan fingerprint density at radius 2 is 2.27 bits per heavy atom. The molecule has 2 heteroatoms. The standard InChI is InChI=1S/C9H9BrO/c1-7-2-3-8(5-10)4-9(7)6-11/h2-4,6H,5H2,1H3. The van der Waals surface area contributed by atoms with Crippen LogP contribution >= 0.6 is 15.9 Å². The quantitative estimate of drug-likeness (QED) is 0.545. The molecule has 1 nitrogen and oxygen atoms in total. The number of hydrogen-bond donors (Lipinski definition) is 0. The zero-order chi connectivity index (χ0) is 8.27. The van der Waals surface area contributed by atoms with Gasteiger partial charge in [0.05, 0.1) is 0 Å². The van der Waals surface area contributed by atoms with Crippen molar-refractivity contribution in [1.29, 1.82) is 0 Å². The van der Waals surface area contributed by atoms with Crippen LogP contribution in [0.1, 0.15) is 21.5 Å². The highest BCUT2D eigenvalue weighted by molar-refractivity contribution is 9.08. The molecular weight excluding hydrogens is 204 g/mol. The molecule has 0 unspecified atom stereocenters. The van der Waals surface area contributed by atoms with E-state index < -0.39 is 0 Å². The average Bonchev–Trinajstić information content (AvgIpc) is 2.05. The van der Waals surface area contributed by atoms with E-state index in [0.29, 0.717) is 0 Å². The molecule has 0 aromatic heterocycles. The van der Waals surface area contributed by atoms with Gasteiger partial charge in [0.15, 0.2) is 0 Å². The van der Waals surface area contributed by atoms with Gasteiger partial charge in [0, 0.05) is 10.9 Å². The van der Waals surface area contributed by atoms with E-state index in [9.17, 15) is 4.79 Å². The van der Waals surface area contributed by atoms with Crippen molar-refractivity contribution in [1.82, 2.24) is 0 Å². The minimum atomic E-state index is 0.780. The second-order valence-electron chi connectivity index (χ2n) is 2.44. The van der Waals surface area contributed by atoms with Gasteiger partial charge in [0.1, 0.15) is 6.29 Å². The van der Waals surface area contributed by atoms with E-state index in [1.54, 1.807) is 0 Å². The van der Waals surface area contributed by atoms with Crippen molar-refractivity contribution >= 4 is 22.2 Å². The number of aryl methyl sites for hydroxylation is 1. The average molecular weight is 213 g/mol. The van der Waals surface area contributed by atoms with Crippen molar-refractivity contribution in [3.8, 4) is 0 Å².